The van der Waals surface area contributed by atoms with Crippen LogP contribution in [0.15, 0.2) is 46.9 Å². The second-order valence-corrected chi connectivity index (χ2v) is 6.59. The van der Waals surface area contributed by atoms with Crippen molar-refractivity contribution < 1.29 is 0 Å². The molecule has 0 bridgehead atoms. The normalized spacial score (nSPS) is 17.1. The van der Waals surface area contributed by atoms with Crippen LogP contribution in [0.1, 0.15) is 29.4 Å². The second kappa shape index (κ2) is 5.36. The molecule has 22 heavy (non-hydrogen) atoms. The van der Waals surface area contributed by atoms with Crippen LogP contribution in [0.5, 0.6) is 0 Å². The van der Waals surface area contributed by atoms with E-state index in [4.69, 9.17) is 4.98 Å². The van der Waals surface area contributed by atoms with E-state index < -0.39 is 0 Å². The molecule has 1 aromatic heterocycles. The molecule has 0 saturated heterocycles. The number of anilines is 1. The SMILES string of the molecule is Cc1nc(C2CCNc3ccc(Br)cc32)c2ccccc2n1. The minimum absolute atomic E-state index is 0.306. The van der Waals surface area contributed by atoms with Crippen LogP contribution >= 0.6 is 15.9 Å². The third-order valence-corrected chi connectivity index (χ3v) is 4.71. The van der Waals surface area contributed by atoms with Gasteiger partial charge in [0.05, 0.1) is 11.2 Å². The summed E-state index contributed by atoms with van der Waals surface area (Å²) in [5, 5.41) is 4.65. The number of aromatic nitrogens is 2. The lowest BCUT2D eigenvalue weighted by Gasteiger charge is -2.27. The highest BCUT2D eigenvalue weighted by Crippen LogP contribution is 2.39. The number of nitrogens with one attached hydrogen (secondary N) is 1. The standard InChI is InChI=1S/C18H16BrN3/c1-11-21-17-5-3-2-4-14(17)18(22-11)13-8-9-20-16-7-6-12(19)10-15(13)16/h2-7,10,13,20H,8-9H2,1H3. The van der Waals surface area contributed by atoms with E-state index in [0.717, 1.165) is 39.9 Å². The maximum absolute atomic E-state index is 4.80. The van der Waals surface area contributed by atoms with Gasteiger partial charge in [0.2, 0.25) is 0 Å². The Balaban J connectivity index is 1.96. The molecule has 0 spiro atoms. The van der Waals surface area contributed by atoms with Crippen LogP contribution in [-0.2, 0) is 0 Å². The molecule has 1 aliphatic heterocycles. The first kappa shape index (κ1) is 13.7. The Morgan fingerprint density at radius 3 is 2.91 bits per heavy atom. The maximum Gasteiger partial charge on any atom is 0.126 e. The fraction of sp³-hybridized carbons (Fsp3) is 0.222. The lowest BCUT2D eigenvalue weighted by Crippen LogP contribution is -2.19. The topological polar surface area (TPSA) is 37.8 Å². The smallest absolute Gasteiger partial charge is 0.126 e. The molecule has 4 heteroatoms. The summed E-state index contributed by atoms with van der Waals surface area (Å²) in [6.07, 6.45) is 1.05. The number of aryl methyl sites for hydroxylation is 1. The van der Waals surface area contributed by atoms with Crippen molar-refractivity contribution in [3.05, 3.63) is 64.0 Å². The van der Waals surface area contributed by atoms with Gasteiger partial charge in [0.25, 0.3) is 0 Å². The van der Waals surface area contributed by atoms with Crippen LogP contribution in [0.25, 0.3) is 10.9 Å². The summed E-state index contributed by atoms with van der Waals surface area (Å²) < 4.78 is 1.11. The van der Waals surface area contributed by atoms with E-state index in [2.05, 4.69) is 62.6 Å². The van der Waals surface area contributed by atoms with Gasteiger partial charge >= 0.3 is 0 Å². The van der Waals surface area contributed by atoms with Crippen molar-refractivity contribution in [1.82, 2.24) is 9.97 Å². The number of halogens is 1. The quantitative estimate of drug-likeness (QED) is 0.691. The molecule has 0 saturated carbocycles. The number of para-hydroxylation sites is 1. The van der Waals surface area contributed by atoms with E-state index in [0.29, 0.717) is 5.92 Å². The van der Waals surface area contributed by atoms with E-state index in [1.807, 2.05) is 13.0 Å². The third kappa shape index (κ3) is 2.28. The third-order valence-electron chi connectivity index (χ3n) is 4.21. The van der Waals surface area contributed by atoms with Gasteiger partial charge in [0.1, 0.15) is 5.82 Å². The zero-order valence-electron chi connectivity index (χ0n) is 12.3. The number of hydrogen-bond donors (Lipinski definition) is 1. The predicted molar refractivity (Wildman–Crippen MR) is 93.4 cm³/mol. The number of nitrogens with zero attached hydrogens (tertiary/aromatic N) is 2. The highest BCUT2D eigenvalue weighted by molar-refractivity contribution is 9.10. The maximum atomic E-state index is 4.80. The largest absolute Gasteiger partial charge is 0.385 e. The molecule has 1 N–H and O–H groups in total. The lowest BCUT2D eigenvalue weighted by molar-refractivity contribution is 0.700. The van der Waals surface area contributed by atoms with Gasteiger partial charge in [0.15, 0.2) is 0 Å². The summed E-state index contributed by atoms with van der Waals surface area (Å²) in [7, 11) is 0. The summed E-state index contributed by atoms with van der Waals surface area (Å²) in [4.78, 5) is 9.37. The fourth-order valence-electron chi connectivity index (χ4n) is 3.26. The highest BCUT2D eigenvalue weighted by Gasteiger charge is 2.25. The minimum Gasteiger partial charge on any atom is -0.385 e. The van der Waals surface area contributed by atoms with Gasteiger partial charge in [-0.25, -0.2) is 9.97 Å². The van der Waals surface area contributed by atoms with Crippen LogP contribution in [0, 0.1) is 6.92 Å². The predicted octanol–water partition coefficient (Wildman–Crippen LogP) is 4.65. The first-order chi connectivity index (χ1) is 10.7. The van der Waals surface area contributed by atoms with E-state index >= 15 is 0 Å². The molecule has 0 amide bonds. The van der Waals surface area contributed by atoms with Gasteiger partial charge in [0, 0.05) is 28.0 Å². The van der Waals surface area contributed by atoms with Crippen molar-refractivity contribution in [2.75, 3.05) is 11.9 Å². The first-order valence-corrected chi connectivity index (χ1v) is 8.28. The number of hydrogen-bond acceptors (Lipinski definition) is 3. The molecule has 110 valence electrons. The van der Waals surface area contributed by atoms with Crippen LogP contribution in [0.3, 0.4) is 0 Å². The van der Waals surface area contributed by atoms with Gasteiger partial charge < -0.3 is 5.32 Å². The molecule has 2 aromatic carbocycles. The Kier molecular flexibility index (Phi) is 3.34. The van der Waals surface area contributed by atoms with Crippen LogP contribution in [-0.4, -0.2) is 16.5 Å². The molecule has 3 nitrogen and oxygen atoms in total. The Morgan fingerprint density at radius 2 is 2.00 bits per heavy atom. The number of fused-ring (bicyclic) bond motifs is 2. The molecule has 1 unspecified atom stereocenters. The van der Waals surface area contributed by atoms with Gasteiger partial charge in [-0.05, 0) is 43.2 Å². The number of benzene rings is 2. The molecule has 4 rings (SSSR count). The van der Waals surface area contributed by atoms with Crippen LogP contribution in [0.2, 0.25) is 0 Å². The zero-order valence-corrected chi connectivity index (χ0v) is 13.9. The highest BCUT2D eigenvalue weighted by atomic mass is 79.9. The van der Waals surface area contributed by atoms with Crippen molar-refractivity contribution in [3.8, 4) is 0 Å². The van der Waals surface area contributed by atoms with Crippen LogP contribution in [0.4, 0.5) is 5.69 Å². The van der Waals surface area contributed by atoms with Crippen molar-refractivity contribution in [1.29, 1.82) is 0 Å². The molecule has 0 fully saturated rings. The summed E-state index contributed by atoms with van der Waals surface area (Å²) in [6.45, 7) is 2.94. The van der Waals surface area contributed by atoms with Gasteiger partial charge in [-0.15, -0.1) is 0 Å². The fourth-order valence-corrected chi connectivity index (χ4v) is 3.64. The monoisotopic (exact) mass is 353 g/mol. The Labute approximate surface area is 137 Å². The van der Waals surface area contributed by atoms with Crippen molar-refractivity contribution in [2.24, 2.45) is 0 Å². The molecular weight excluding hydrogens is 338 g/mol. The molecule has 2 heterocycles. The van der Waals surface area contributed by atoms with Crippen molar-refractivity contribution in [3.63, 3.8) is 0 Å². The average molecular weight is 354 g/mol. The molecular formula is C18H16BrN3. The van der Waals surface area contributed by atoms with Crippen molar-refractivity contribution in [2.45, 2.75) is 19.3 Å². The zero-order chi connectivity index (χ0) is 15.1. The van der Waals surface area contributed by atoms with E-state index in [9.17, 15) is 0 Å². The van der Waals surface area contributed by atoms with E-state index in [-0.39, 0.29) is 0 Å². The molecule has 3 aromatic rings. The average Bonchev–Trinajstić information content (AvgIpc) is 2.53. The summed E-state index contributed by atoms with van der Waals surface area (Å²) >= 11 is 3.59. The lowest BCUT2D eigenvalue weighted by atomic mass is 9.86. The molecule has 1 aliphatic rings. The Bertz CT molecular complexity index is 860. The molecule has 1 atom stereocenters. The summed E-state index contributed by atoms with van der Waals surface area (Å²) in [5.74, 6) is 1.14. The van der Waals surface area contributed by atoms with E-state index in [1.165, 1.54) is 11.3 Å². The summed E-state index contributed by atoms with van der Waals surface area (Å²) in [5.41, 5.74) is 4.69. The molecule has 0 aliphatic carbocycles. The molecule has 0 radical (unpaired) electrons. The van der Waals surface area contributed by atoms with Crippen LogP contribution < -0.4 is 5.32 Å². The Morgan fingerprint density at radius 1 is 1.14 bits per heavy atom. The minimum atomic E-state index is 0.306. The van der Waals surface area contributed by atoms with Crippen molar-refractivity contribution >= 4 is 32.5 Å². The van der Waals surface area contributed by atoms with Gasteiger partial charge in [-0.1, -0.05) is 34.1 Å². The summed E-state index contributed by atoms with van der Waals surface area (Å²) in [6, 6.07) is 14.7. The van der Waals surface area contributed by atoms with Gasteiger partial charge in [-0.3, -0.25) is 0 Å². The second-order valence-electron chi connectivity index (χ2n) is 5.67. The van der Waals surface area contributed by atoms with Gasteiger partial charge in [-0.2, -0.15) is 0 Å². The Hall–Kier alpha value is -1.94. The first-order valence-electron chi connectivity index (χ1n) is 7.49. The number of rotatable bonds is 1. The van der Waals surface area contributed by atoms with E-state index in [1.54, 1.807) is 0 Å².